The fourth-order valence-electron chi connectivity index (χ4n) is 3.04. The monoisotopic (exact) mass is 375 g/mol. The van der Waals surface area contributed by atoms with E-state index in [1.54, 1.807) is 56.4 Å². The summed E-state index contributed by atoms with van der Waals surface area (Å²) >= 11 is 0. The van der Waals surface area contributed by atoms with Gasteiger partial charge in [-0.05, 0) is 19.9 Å². The molecule has 0 saturated heterocycles. The van der Waals surface area contributed by atoms with Crippen LogP contribution in [0, 0.1) is 0 Å². The Morgan fingerprint density at radius 3 is 1.96 bits per heavy atom. The number of carbonyl (C=O) groups excluding carboxylic acids is 2. The van der Waals surface area contributed by atoms with Crippen molar-refractivity contribution in [2.75, 3.05) is 34.5 Å². The molecule has 0 radical (unpaired) electrons. The Kier molecular flexibility index (Phi) is 6.87. The maximum Gasteiger partial charge on any atom is 0.336 e. The number of esters is 2. The minimum absolute atomic E-state index is 0.223. The largest absolute Gasteiger partial charge is 0.493 e. The van der Waals surface area contributed by atoms with E-state index in [4.69, 9.17) is 18.9 Å². The molecule has 0 fully saturated rings. The van der Waals surface area contributed by atoms with E-state index >= 15 is 0 Å². The number of benzene rings is 1. The van der Waals surface area contributed by atoms with Crippen molar-refractivity contribution in [1.29, 1.82) is 0 Å². The van der Waals surface area contributed by atoms with Gasteiger partial charge in [-0.2, -0.15) is 0 Å². The van der Waals surface area contributed by atoms with Crippen LogP contribution in [-0.4, -0.2) is 51.3 Å². The molecule has 0 bridgehead atoms. The van der Waals surface area contributed by atoms with Crippen molar-refractivity contribution in [3.05, 3.63) is 47.3 Å². The zero-order valence-electron chi connectivity index (χ0n) is 16.3. The number of carbonyl (C=O) groups is 2. The minimum atomic E-state index is -0.704. The van der Waals surface area contributed by atoms with Crippen molar-refractivity contribution >= 4 is 11.9 Å². The SMILES string of the molecule is CCOC(=O)C1=CN(C)C=C(C(=O)OCC)C1c1cccc(OC)c1OC. The van der Waals surface area contributed by atoms with Crippen LogP contribution in [0.25, 0.3) is 0 Å². The Morgan fingerprint density at radius 2 is 1.52 bits per heavy atom. The quantitative estimate of drug-likeness (QED) is 0.678. The molecule has 2 rings (SSSR count). The van der Waals surface area contributed by atoms with Gasteiger partial charge in [0.15, 0.2) is 11.5 Å². The summed E-state index contributed by atoms with van der Waals surface area (Å²) in [5.41, 5.74) is 1.25. The molecule has 0 spiro atoms. The van der Waals surface area contributed by atoms with Gasteiger partial charge in [0.2, 0.25) is 0 Å². The summed E-state index contributed by atoms with van der Waals surface area (Å²) in [7, 11) is 4.77. The zero-order chi connectivity index (χ0) is 20.0. The maximum absolute atomic E-state index is 12.6. The normalized spacial score (nSPS) is 14.2. The third kappa shape index (κ3) is 4.24. The van der Waals surface area contributed by atoms with E-state index in [9.17, 15) is 9.59 Å². The number of hydrogen-bond donors (Lipinski definition) is 0. The van der Waals surface area contributed by atoms with Crippen molar-refractivity contribution in [1.82, 2.24) is 4.90 Å². The first-order chi connectivity index (χ1) is 13.0. The third-order valence-corrected chi connectivity index (χ3v) is 4.07. The number of para-hydroxylation sites is 1. The molecule has 0 aliphatic carbocycles. The van der Waals surface area contributed by atoms with Gasteiger partial charge in [0.05, 0.1) is 44.5 Å². The van der Waals surface area contributed by atoms with Crippen molar-refractivity contribution in [3.63, 3.8) is 0 Å². The fourth-order valence-corrected chi connectivity index (χ4v) is 3.04. The summed E-state index contributed by atoms with van der Waals surface area (Å²) in [6.07, 6.45) is 3.29. The van der Waals surface area contributed by atoms with Crippen molar-refractivity contribution in [2.24, 2.45) is 0 Å². The molecule has 1 aromatic carbocycles. The molecular weight excluding hydrogens is 350 g/mol. The van der Waals surface area contributed by atoms with Gasteiger partial charge in [0, 0.05) is 25.0 Å². The first-order valence-electron chi connectivity index (χ1n) is 8.68. The highest BCUT2D eigenvalue weighted by Crippen LogP contribution is 2.44. The predicted molar refractivity (Wildman–Crippen MR) is 99.5 cm³/mol. The number of nitrogens with zero attached hydrogens (tertiary/aromatic N) is 1. The standard InChI is InChI=1S/C20H25NO6/c1-6-26-19(22)14-11-21(3)12-15(20(23)27-7-2)17(14)13-9-8-10-16(24-4)18(13)25-5/h8-12,17H,6-7H2,1-5H3. The topological polar surface area (TPSA) is 74.3 Å². The van der Waals surface area contributed by atoms with Gasteiger partial charge in [-0.25, -0.2) is 9.59 Å². The predicted octanol–water partition coefficient (Wildman–Crippen LogP) is 2.63. The maximum atomic E-state index is 12.6. The van der Waals surface area contributed by atoms with Gasteiger partial charge in [-0.3, -0.25) is 0 Å². The first kappa shape index (κ1) is 20.4. The molecule has 7 heteroatoms. The Balaban J connectivity index is 2.66. The van der Waals surface area contributed by atoms with Crippen LogP contribution in [-0.2, 0) is 19.1 Å². The fraction of sp³-hybridized carbons (Fsp3) is 0.400. The van der Waals surface area contributed by atoms with E-state index < -0.39 is 17.9 Å². The van der Waals surface area contributed by atoms with E-state index in [1.165, 1.54) is 14.2 Å². The van der Waals surface area contributed by atoms with E-state index in [1.807, 2.05) is 0 Å². The molecule has 0 saturated carbocycles. The molecule has 0 amide bonds. The van der Waals surface area contributed by atoms with Gasteiger partial charge in [-0.1, -0.05) is 12.1 Å². The van der Waals surface area contributed by atoms with E-state index in [0.29, 0.717) is 28.2 Å². The van der Waals surface area contributed by atoms with Crippen LogP contribution in [0.3, 0.4) is 0 Å². The lowest BCUT2D eigenvalue weighted by atomic mass is 9.82. The molecule has 1 aromatic rings. The lowest BCUT2D eigenvalue weighted by Crippen LogP contribution is -2.28. The molecule has 7 nitrogen and oxygen atoms in total. The van der Waals surface area contributed by atoms with Crippen molar-refractivity contribution < 1.29 is 28.5 Å². The van der Waals surface area contributed by atoms with Crippen LogP contribution in [0.4, 0.5) is 0 Å². The average molecular weight is 375 g/mol. The Hall–Kier alpha value is -2.96. The second kappa shape index (κ2) is 9.12. The van der Waals surface area contributed by atoms with Crippen LogP contribution in [0.15, 0.2) is 41.7 Å². The lowest BCUT2D eigenvalue weighted by Gasteiger charge is -2.29. The summed E-state index contributed by atoms with van der Waals surface area (Å²) in [4.78, 5) is 26.9. The van der Waals surface area contributed by atoms with E-state index in [-0.39, 0.29) is 13.2 Å². The van der Waals surface area contributed by atoms with Crippen molar-refractivity contribution in [3.8, 4) is 11.5 Å². The molecule has 1 aliphatic heterocycles. The molecule has 0 aromatic heterocycles. The lowest BCUT2D eigenvalue weighted by molar-refractivity contribution is -0.139. The molecule has 1 heterocycles. The van der Waals surface area contributed by atoms with Crippen LogP contribution < -0.4 is 9.47 Å². The van der Waals surface area contributed by atoms with Gasteiger partial charge < -0.3 is 23.8 Å². The highest BCUT2D eigenvalue weighted by atomic mass is 16.5. The molecular formula is C20H25NO6. The summed E-state index contributed by atoms with van der Waals surface area (Å²) in [5, 5.41) is 0. The smallest absolute Gasteiger partial charge is 0.336 e. The van der Waals surface area contributed by atoms with Crippen molar-refractivity contribution in [2.45, 2.75) is 19.8 Å². The first-order valence-corrected chi connectivity index (χ1v) is 8.68. The summed E-state index contributed by atoms with van der Waals surface area (Å²) in [5.74, 6) is -0.770. The van der Waals surface area contributed by atoms with Gasteiger partial charge in [0.1, 0.15) is 0 Å². The Labute approximate surface area is 159 Å². The Bertz CT molecular complexity index is 732. The van der Waals surface area contributed by atoms with Crippen LogP contribution in [0.5, 0.6) is 11.5 Å². The molecule has 27 heavy (non-hydrogen) atoms. The van der Waals surface area contributed by atoms with Crippen LogP contribution in [0.1, 0.15) is 25.3 Å². The van der Waals surface area contributed by atoms with Crippen LogP contribution >= 0.6 is 0 Å². The molecule has 146 valence electrons. The highest BCUT2D eigenvalue weighted by Gasteiger charge is 2.37. The minimum Gasteiger partial charge on any atom is -0.493 e. The van der Waals surface area contributed by atoms with Gasteiger partial charge >= 0.3 is 11.9 Å². The number of rotatable bonds is 7. The van der Waals surface area contributed by atoms with Crippen LogP contribution in [0.2, 0.25) is 0 Å². The average Bonchev–Trinajstić information content (AvgIpc) is 2.66. The number of methoxy groups -OCH3 is 2. The summed E-state index contributed by atoms with van der Waals surface area (Å²) in [6.45, 7) is 3.91. The second-order valence-electron chi connectivity index (χ2n) is 5.79. The number of ether oxygens (including phenoxy) is 4. The van der Waals surface area contributed by atoms with E-state index in [0.717, 1.165) is 0 Å². The highest BCUT2D eigenvalue weighted by molar-refractivity contribution is 5.99. The number of hydrogen-bond acceptors (Lipinski definition) is 7. The van der Waals surface area contributed by atoms with Gasteiger partial charge in [0.25, 0.3) is 0 Å². The third-order valence-electron chi connectivity index (χ3n) is 4.07. The molecule has 0 unspecified atom stereocenters. The Morgan fingerprint density at radius 1 is 0.963 bits per heavy atom. The second-order valence-corrected chi connectivity index (χ2v) is 5.79. The van der Waals surface area contributed by atoms with Gasteiger partial charge in [-0.15, -0.1) is 0 Å². The molecule has 0 atom stereocenters. The van der Waals surface area contributed by atoms with E-state index in [2.05, 4.69) is 0 Å². The zero-order valence-corrected chi connectivity index (χ0v) is 16.3. The summed E-state index contributed by atoms with van der Waals surface area (Å²) in [6, 6.07) is 5.32. The molecule has 1 aliphatic rings. The summed E-state index contributed by atoms with van der Waals surface area (Å²) < 4.78 is 21.3. The molecule has 0 N–H and O–H groups in total.